The summed E-state index contributed by atoms with van der Waals surface area (Å²) in [6.07, 6.45) is 6.33. The van der Waals surface area contributed by atoms with Gasteiger partial charge in [0.05, 0.1) is 19.6 Å². The number of methoxy groups -OCH3 is 1. The summed E-state index contributed by atoms with van der Waals surface area (Å²) in [5, 5.41) is 0. The van der Waals surface area contributed by atoms with Crippen molar-refractivity contribution in [1.82, 2.24) is 0 Å². The van der Waals surface area contributed by atoms with Gasteiger partial charge < -0.3 is 9.47 Å². The van der Waals surface area contributed by atoms with Crippen LogP contribution in [0, 0.1) is 0 Å². The van der Waals surface area contributed by atoms with Gasteiger partial charge in [0.2, 0.25) is 0 Å². The Balaban J connectivity index is 2.35. The van der Waals surface area contributed by atoms with Gasteiger partial charge in [-0.25, -0.2) is 0 Å². The van der Waals surface area contributed by atoms with Crippen LogP contribution in [0.1, 0.15) is 12.0 Å². The Bertz CT molecular complexity index is 378. The van der Waals surface area contributed by atoms with Crippen LogP contribution < -0.4 is 4.74 Å². The number of hydrogen-bond acceptors (Lipinski definition) is 2. The Morgan fingerprint density at radius 1 is 1.29 bits per heavy atom. The van der Waals surface area contributed by atoms with Gasteiger partial charge in [-0.2, -0.15) is 0 Å². The van der Waals surface area contributed by atoms with Crippen LogP contribution in [0.25, 0.3) is 5.57 Å². The summed E-state index contributed by atoms with van der Waals surface area (Å²) in [6, 6.07) is 7.95. The lowest BCUT2D eigenvalue weighted by molar-refractivity contribution is 0.394. The first-order chi connectivity index (χ1) is 6.92. The fraction of sp³-hybridized carbons (Fsp3) is 0.167. The van der Waals surface area contributed by atoms with E-state index in [0.29, 0.717) is 0 Å². The number of rotatable bonds is 2. The molecule has 0 bridgehead atoms. The first-order valence-corrected chi connectivity index (χ1v) is 4.54. The number of hydrogen-bond donors (Lipinski definition) is 0. The highest BCUT2D eigenvalue weighted by atomic mass is 16.5. The van der Waals surface area contributed by atoms with E-state index in [1.54, 1.807) is 19.6 Å². The predicted octanol–water partition coefficient (Wildman–Crippen LogP) is 2.97. The molecule has 0 saturated carbocycles. The van der Waals surface area contributed by atoms with Crippen molar-refractivity contribution in [3.05, 3.63) is 48.4 Å². The molecule has 14 heavy (non-hydrogen) atoms. The average Bonchev–Trinajstić information content (AvgIpc) is 2.30. The van der Waals surface area contributed by atoms with Crippen LogP contribution >= 0.6 is 0 Å². The highest BCUT2D eigenvalue weighted by Crippen LogP contribution is 2.29. The molecule has 1 aliphatic heterocycles. The summed E-state index contributed by atoms with van der Waals surface area (Å²) in [7, 11) is 1.68. The van der Waals surface area contributed by atoms with Crippen LogP contribution in [-0.4, -0.2) is 7.11 Å². The second-order valence-electron chi connectivity index (χ2n) is 3.06. The van der Waals surface area contributed by atoms with E-state index in [-0.39, 0.29) is 0 Å². The SMILES string of the molecule is COc1ccccc1C1=COC=CC1. The zero-order chi connectivity index (χ0) is 9.80. The van der Waals surface area contributed by atoms with Gasteiger partial charge in [0.15, 0.2) is 0 Å². The Labute approximate surface area is 83.5 Å². The van der Waals surface area contributed by atoms with Crippen molar-refractivity contribution in [2.24, 2.45) is 0 Å². The van der Waals surface area contributed by atoms with E-state index in [9.17, 15) is 0 Å². The Kier molecular flexibility index (Phi) is 2.54. The summed E-state index contributed by atoms with van der Waals surface area (Å²) >= 11 is 0. The highest BCUT2D eigenvalue weighted by molar-refractivity contribution is 5.71. The molecule has 0 aromatic heterocycles. The molecular formula is C12H12O2. The molecule has 2 rings (SSSR count). The molecule has 2 nitrogen and oxygen atoms in total. The topological polar surface area (TPSA) is 18.5 Å². The monoisotopic (exact) mass is 188 g/mol. The zero-order valence-electron chi connectivity index (χ0n) is 8.07. The molecule has 0 radical (unpaired) electrons. The third-order valence-corrected chi connectivity index (χ3v) is 2.18. The van der Waals surface area contributed by atoms with Gasteiger partial charge in [0, 0.05) is 11.1 Å². The molecule has 0 amide bonds. The molecule has 0 N–H and O–H groups in total. The standard InChI is InChI=1S/C12H12O2/c1-13-12-7-3-2-6-11(12)10-5-4-8-14-9-10/h2-4,6-9H,5H2,1H3. The maximum Gasteiger partial charge on any atom is 0.126 e. The van der Waals surface area contributed by atoms with Crippen LogP contribution in [-0.2, 0) is 4.74 Å². The molecule has 0 fully saturated rings. The van der Waals surface area contributed by atoms with E-state index in [2.05, 4.69) is 0 Å². The minimum Gasteiger partial charge on any atom is -0.496 e. The first kappa shape index (κ1) is 8.88. The van der Waals surface area contributed by atoms with Crippen LogP contribution in [0.4, 0.5) is 0 Å². The van der Waals surface area contributed by atoms with E-state index in [4.69, 9.17) is 9.47 Å². The van der Waals surface area contributed by atoms with Crippen LogP contribution in [0.5, 0.6) is 5.75 Å². The van der Waals surface area contributed by atoms with E-state index >= 15 is 0 Å². The molecule has 0 aliphatic carbocycles. The van der Waals surface area contributed by atoms with E-state index in [0.717, 1.165) is 23.3 Å². The number of para-hydroxylation sites is 1. The van der Waals surface area contributed by atoms with Crippen molar-refractivity contribution in [3.63, 3.8) is 0 Å². The maximum atomic E-state index is 5.28. The molecular weight excluding hydrogens is 176 g/mol. The van der Waals surface area contributed by atoms with Crippen molar-refractivity contribution in [3.8, 4) is 5.75 Å². The van der Waals surface area contributed by atoms with Crippen molar-refractivity contribution < 1.29 is 9.47 Å². The van der Waals surface area contributed by atoms with Gasteiger partial charge in [0.1, 0.15) is 5.75 Å². The van der Waals surface area contributed by atoms with Crippen LogP contribution in [0.3, 0.4) is 0 Å². The van der Waals surface area contributed by atoms with Gasteiger partial charge in [0.25, 0.3) is 0 Å². The summed E-state index contributed by atoms with van der Waals surface area (Å²) < 4.78 is 10.4. The molecule has 0 saturated heterocycles. The molecule has 72 valence electrons. The molecule has 1 heterocycles. The molecule has 0 spiro atoms. The average molecular weight is 188 g/mol. The Morgan fingerprint density at radius 2 is 2.14 bits per heavy atom. The number of benzene rings is 1. The quantitative estimate of drug-likeness (QED) is 0.710. The second kappa shape index (κ2) is 4.01. The third kappa shape index (κ3) is 1.64. The van der Waals surface area contributed by atoms with Gasteiger partial charge in [-0.15, -0.1) is 0 Å². The van der Waals surface area contributed by atoms with Gasteiger partial charge in [-0.05, 0) is 18.6 Å². The summed E-state index contributed by atoms with van der Waals surface area (Å²) in [4.78, 5) is 0. The minimum atomic E-state index is 0.887. The first-order valence-electron chi connectivity index (χ1n) is 4.54. The highest BCUT2D eigenvalue weighted by Gasteiger charge is 2.08. The molecule has 0 unspecified atom stereocenters. The third-order valence-electron chi connectivity index (χ3n) is 2.18. The lowest BCUT2D eigenvalue weighted by atomic mass is 10.0. The second-order valence-corrected chi connectivity index (χ2v) is 3.06. The normalized spacial score (nSPS) is 14.5. The lowest BCUT2D eigenvalue weighted by Gasteiger charge is -2.12. The minimum absolute atomic E-state index is 0.887. The van der Waals surface area contributed by atoms with Gasteiger partial charge in [-0.3, -0.25) is 0 Å². The smallest absolute Gasteiger partial charge is 0.126 e. The van der Waals surface area contributed by atoms with Crippen molar-refractivity contribution in [2.75, 3.05) is 7.11 Å². The molecule has 1 aromatic rings. The summed E-state index contributed by atoms with van der Waals surface area (Å²) in [6.45, 7) is 0. The van der Waals surface area contributed by atoms with Gasteiger partial charge >= 0.3 is 0 Å². The molecule has 1 aromatic carbocycles. The fourth-order valence-corrected chi connectivity index (χ4v) is 1.48. The predicted molar refractivity (Wildman–Crippen MR) is 55.8 cm³/mol. The van der Waals surface area contributed by atoms with Crippen molar-refractivity contribution >= 4 is 5.57 Å². The van der Waals surface area contributed by atoms with Crippen molar-refractivity contribution in [2.45, 2.75) is 6.42 Å². The Hall–Kier alpha value is -1.70. The summed E-state index contributed by atoms with van der Waals surface area (Å²) in [5.41, 5.74) is 2.24. The summed E-state index contributed by atoms with van der Waals surface area (Å²) in [5.74, 6) is 0.887. The number of ether oxygens (including phenoxy) is 2. The lowest BCUT2D eigenvalue weighted by Crippen LogP contribution is -1.93. The molecule has 1 aliphatic rings. The molecule has 2 heteroatoms. The van der Waals surface area contributed by atoms with Gasteiger partial charge in [-0.1, -0.05) is 18.2 Å². The zero-order valence-corrected chi connectivity index (χ0v) is 8.07. The Morgan fingerprint density at radius 3 is 2.86 bits per heavy atom. The van der Waals surface area contributed by atoms with E-state index < -0.39 is 0 Å². The fourth-order valence-electron chi connectivity index (χ4n) is 1.48. The molecule has 0 atom stereocenters. The van der Waals surface area contributed by atoms with Crippen molar-refractivity contribution in [1.29, 1.82) is 0 Å². The van der Waals surface area contributed by atoms with E-state index in [1.165, 1.54) is 0 Å². The number of allylic oxidation sites excluding steroid dienone is 2. The van der Waals surface area contributed by atoms with E-state index in [1.807, 2.05) is 30.3 Å². The maximum absolute atomic E-state index is 5.28. The van der Waals surface area contributed by atoms with Crippen LogP contribution in [0.15, 0.2) is 42.9 Å². The largest absolute Gasteiger partial charge is 0.496 e. The van der Waals surface area contributed by atoms with Crippen LogP contribution in [0.2, 0.25) is 0 Å².